The Morgan fingerprint density at radius 1 is 1.10 bits per heavy atom. The number of benzene rings is 2. The van der Waals surface area contributed by atoms with Crippen molar-refractivity contribution in [3.8, 4) is 0 Å². The lowest BCUT2D eigenvalue weighted by molar-refractivity contribution is -0.131. The standard InChI is InChI=1S/C16H14ClNO2/c1-10-7-8-12(9-11(10)2)16(20)13-5-3-4-6-14(13)18(17)15(16)19/h3-9,20H,1-2H3. The molecule has 1 heterocycles. The van der Waals surface area contributed by atoms with Crippen molar-refractivity contribution in [1.82, 2.24) is 0 Å². The van der Waals surface area contributed by atoms with Crippen LogP contribution in [0.4, 0.5) is 5.69 Å². The van der Waals surface area contributed by atoms with Crippen molar-refractivity contribution in [2.45, 2.75) is 19.4 Å². The monoisotopic (exact) mass is 287 g/mol. The van der Waals surface area contributed by atoms with E-state index >= 15 is 0 Å². The van der Waals surface area contributed by atoms with Gasteiger partial charge >= 0.3 is 0 Å². The summed E-state index contributed by atoms with van der Waals surface area (Å²) in [5.74, 6) is -0.538. The molecular weight excluding hydrogens is 274 g/mol. The number of anilines is 1. The number of hydrogen-bond acceptors (Lipinski definition) is 2. The van der Waals surface area contributed by atoms with Crippen molar-refractivity contribution in [2.75, 3.05) is 4.42 Å². The second-order valence-corrected chi connectivity index (χ2v) is 5.45. The van der Waals surface area contributed by atoms with E-state index in [0.717, 1.165) is 15.5 Å². The molecule has 0 aliphatic carbocycles. The lowest BCUT2D eigenvalue weighted by Gasteiger charge is -2.22. The van der Waals surface area contributed by atoms with Crippen LogP contribution < -0.4 is 4.42 Å². The molecule has 0 spiro atoms. The number of halogens is 1. The minimum Gasteiger partial charge on any atom is -0.372 e. The summed E-state index contributed by atoms with van der Waals surface area (Å²) < 4.78 is 0.991. The molecule has 1 aliphatic rings. The Morgan fingerprint density at radius 2 is 1.80 bits per heavy atom. The Morgan fingerprint density at radius 3 is 2.50 bits per heavy atom. The Balaban J connectivity index is 2.25. The Hall–Kier alpha value is -1.84. The highest BCUT2D eigenvalue weighted by atomic mass is 35.5. The molecule has 2 aromatic rings. The number of carbonyl (C=O) groups excluding carboxylic acids is 1. The smallest absolute Gasteiger partial charge is 0.283 e. The third-order valence-electron chi connectivity index (χ3n) is 3.92. The van der Waals surface area contributed by atoms with E-state index in [-0.39, 0.29) is 0 Å². The number of nitrogens with zero attached hydrogens (tertiary/aromatic N) is 1. The number of para-hydroxylation sites is 1. The molecule has 1 aliphatic heterocycles. The first-order chi connectivity index (χ1) is 9.46. The molecule has 3 rings (SSSR count). The summed E-state index contributed by atoms with van der Waals surface area (Å²) in [6.07, 6.45) is 0. The summed E-state index contributed by atoms with van der Waals surface area (Å²) in [4.78, 5) is 12.4. The number of aliphatic hydroxyl groups is 1. The number of fused-ring (bicyclic) bond motifs is 1. The van der Waals surface area contributed by atoms with Gasteiger partial charge in [0.25, 0.3) is 5.91 Å². The Labute approximate surface area is 122 Å². The summed E-state index contributed by atoms with van der Waals surface area (Å²) in [5.41, 5.74) is 2.01. The number of amides is 1. The molecule has 0 radical (unpaired) electrons. The fourth-order valence-electron chi connectivity index (χ4n) is 2.56. The van der Waals surface area contributed by atoms with Crippen LogP contribution in [0.2, 0.25) is 0 Å². The zero-order valence-electron chi connectivity index (χ0n) is 11.2. The number of rotatable bonds is 1. The van der Waals surface area contributed by atoms with Crippen LogP contribution in [-0.4, -0.2) is 11.0 Å². The third kappa shape index (κ3) is 1.60. The fraction of sp³-hybridized carbons (Fsp3) is 0.188. The molecular formula is C16H14ClNO2. The number of hydrogen-bond donors (Lipinski definition) is 1. The maximum atomic E-state index is 12.4. The average Bonchev–Trinajstić information content (AvgIpc) is 2.65. The predicted molar refractivity (Wildman–Crippen MR) is 78.7 cm³/mol. The normalized spacial score (nSPS) is 21.2. The first-order valence-corrected chi connectivity index (χ1v) is 6.70. The Bertz CT molecular complexity index is 713. The molecule has 1 amide bonds. The van der Waals surface area contributed by atoms with E-state index in [0.29, 0.717) is 16.8 Å². The van der Waals surface area contributed by atoms with Crippen molar-refractivity contribution in [2.24, 2.45) is 0 Å². The van der Waals surface area contributed by atoms with Crippen LogP contribution in [-0.2, 0) is 10.4 Å². The van der Waals surface area contributed by atoms with E-state index in [2.05, 4.69) is 0 Å². The van der Waals surface area contributed by atoms with Gasteiger partial charge in [-0.2, -0.15) is 0 Å². The van der Waals surface area contributed by atoms with Gasteiger partial charge in [0.05, 0.1) is 5.69 Å². The third-order valence-corrected chi connectivity index (χ3v) is 4.25. The van der Waals surface area contributed by atoms with Crippen LogP contribution in [0.5, 0.6) is 0 Å². The maximum absolute atomic E-state index is 12.4. The zero-order valence-corrected chi connectivity index (χ0v) is 12.0. The van der Waals surface area contributed by atoms with Crippen molar-refractivity contribution in [3.05, 3.63) is 64.7 Å². The van der Waals surface area contributed by atoms with Crippen molar-refractivity contribution in [3.63, 3.8) is 0 Å². The van der Waals surface area contributed by atoms with E-state index in [1.54, 1.807) is 30.3 Å². The van der Waals surface area contributed by atoms with Crippen LogP contribution in [0.25, 0.3) is 0 Å². The van der Waals surface area contributed by atoms with Crippen LogP contribution >= 0.6 is 11.8 Å². The fourth-order valence-corrected chi connectivity index (χ4v) is 2.83. The van der Waals surface area contributed by atoms with E-state index in [9.17, 15) is 9.90 Å². The van der Waals surface area contributed by atoms with Gasteiger partial charge in [-0.1, -0.05) is 36.4 Å². The predicted octanol–water partition coefficient (Wildman–Crippen LogP) is 3.04. The average molecular weight is 288 g/mol. The second-order valence-electron chi connectivity index (χ2n) is 5.11. The topological polar surface area (TPSA) is 40.5 Å². The van der Waals surface area contributed by atoms with Gasteiger partial charge in [-0.25, -0.2) is 4.42 Å². The SMILES string of the molecule is Cc1ccc(C2(O)C(=O)N(Cl)c3ccccc32)cc1C. The highest BCUT2D eigenvalue weighted by molar-refractivity contribution is 6.40. The molecule has 20 heavy (non-hydrogen) atoms. The zero-order chi connectivity index (χ0) is 14.5. The lowest BCUT2D eigenvalue weighted by atomic mass is 9.86. The molecule has 0 fully saturated rings. The molecule has 0 bridgehead atoms. The first-order valence-electron chi connectivity index (χ1n) is 6.36. The molecule has 1 unspecified atom stereocenters. The minimum absolute atomic E-state index is 0.517. The summed E-state index contributed by atoms with van der Waals surface area (Å²) in [6.45, 7) is 3.94. The quantitative estimate of drug-likeness (QED) is 0.819. The van der Waals surface area contributed by atoms with Crippen LogP contribution in [0.3, 0.4) is 0 Å². The number of aryl methyl sites for hydroxylation is 2. The summed E-state index contributed by atoms with van der Waals surface area (Å²) in [6, 6.07) is 12.5. The minimum atomic E-state index is -1.71. The van der Waals surface area contributed by atoms with E-state index in [4.69, 9.17) is 11.8 Å². The van der Waals surface area contributed by atoms with Crippen LogP contribution in [0, 0.1) is 13.8 Å². The van der Waals surface area contributed by atoms with Gasteiger partial charge in [-0.15, -0.1) is 0 Å². The maximum Gasteiger partial charge on any atom is 0.283 e. The van der Waals surface area contributed by atoms with E-state index in [1.807, 2.05) is 26.0 Å². The second kappa shape index (κ2) is 4.33. The van der Waals surface area contributed by atoms with E-state index < -0.39 is 11.5 Å². The molecule has 0 aromatic heterocycles. The first kappa shape index (κ1) is 13.2. The molecule has 102 valence electrons. The van der Waals surface area contributed by atoms with Crippen LogP contribution in [0.15, 0.2) is 42.5 Å². The van der Waals surface area contributed by atoms with Crippen molar-refractivity contribution in [1.29, 1.82) is 0 Å². The highest BCUT2D eigenvalue weighted by Gasteiger charge is 2.50. The Kier molecular flexibility index (Phi) is 2.85. The molecule has 0 saturated heterocycles. The lowest BCUT2D eigenvalue weighted by Crippen LogP contribution is -2.37. The highest BCUT2D eigenvalue weighted by Crippen LogP contribution is 2.45. The van der Waals surface area contributed by atoms with E-state index in [1.165, 1.54) is 0 Å². The van der Waals surface area contributed by atoms with Gasteiger partial charge < -0.3 is 5.11 Å². The molecule has 1 atom stereocenters. The van der Waals surface area contributed by atoms with Gasteiger partial charge in [-0.3, -0.25) is 4.79 Å². The summed E-state index contributed by atoms with van der Waals surface area (Å²) in [5, 5.41) is 11.0. The molecule has 1 N–H and O–H groups in total. The molecule has 0 saturated carbocycles. The van der Waals surface area contributed by atoms with Crippen LogP contribution in [0.1, 0.15) is 22.3 Å². The van der Waals surface area contributed by atoms with Gasteiger partial charge in [-0.05, 0) is 36.6 Å². The molecule has 2 aromatic carbocycles. The summed E-state index contributed by atoms with van der Waals surface area (Å²) >= 11 is 6.02. The number of carbonyl (C=O) groups is 1. The molecule has 4 heteroatoms. The van der Waals surface area contributed by atoms with Crippen molar-refractivity contribution < 1.29 is 9.90 Å². The van der Waals surface area contributed by atoms with Gasteiger partial charge in [0.2, 0.25) is 0 Å². The largest absolute Gasteiger partial charge is 0.372 e. The molecule has 3 nitrogen and oxygen atoms in total. The van der Waals surface area contributed by atoms with Gasteiger partial charge in [0.15, 0.2) is 5.60 Å². The van der Waals surface area contributed by atoms with Gasteiger partial charge in [0.1, 0.15) is 0 Å². The van der Waals surface area contributed by atoms with Gasteiger partial charge in [0, 0.05) is 17.3 Å². The summed E-state index contributed by atoms with van der Waals surface area (Å²) in [7, 11) is 0. The van der Waals surface area contributed by atoms with Crippen molar-refractivity contribution >= 4 is 23.4 Å².